The number of thioether (sulfide) groups is 1. The summed E-state index contributed by atoms with van der Waals surface area (Å²) in [4.78, 5) is 0.923. The van der Waals surface area contributed by atoms with E-state index in [1.54, 1.807) is 7.11 Å². The van der Waals surface area contributed by atoms with Crippen molar-refractivity contribution < 1.29 is 13.2 Å². The molecule has 0 aliphatic carbocycles. The van der Waals surface area contributed by atoms with E-state index in [0.717, 1.165) is 30.8 Å². The smallest absolute Gasteiger partial charge is 0.212 e. The molecule has 1 rings (SSSR count). The van der Waals surface area contributed by atoms with E-state index in [2.05, 4.69) is 4.72 Å². The van der Waals surface area contributed by atoms with Crippen molar-refractivity contribution in [3.8, 4) is 0 Å². The lowest BCUT2D eigenvalue weighted by atomic mass is 10.2. The highest BCUT2D eigenvalue weighted by Crippen LogP contribution is 2.24. The summed E-state index contributed by atoms with van der Waals surface area (Å²) in [5.74, 6) is 0.595. The highest BCUT2D eigenvalue weighted by Gasteiger charge is 2.10. The van der Waals surface area contributed by atoms with Crippen molar-refractivity contribution in [1.29, 1.82) is 0 Å². The third kappa shape index (κ3) is 8.31. The molecule has 0 aliphatic rings. The molecule has 0 fully saturated rings. The summed E-state index contributed by atoms with van der Waals surface area (Å²) in [6.07, 6.45) is 2.76. The number of hydrogen-bond donors (Lipinski definition) is 2. The van der Waals surface area contributed by atoms with Crippen molar-refractivity contribution >= 4 is 27.5 Å². The molecule has 0 aromatic heterocycles. The maximum Gasteiger partial charge on any atom is 0.212 e. The first-order valence-electron chi connectivity index (χ1n) is 6.99. The lowest BCUT2D eigenvalue weighted by Gasteiger charge is -2.07. The van der Waals surface area contributed by atoms with Crippen LogP contribution in [0.4, 0.5) is 5.69 Å². The Morgan fingerprint density at radius 1 is 1.24 bits per heavy atom. The van der Waals surface area contributed by atoms with Crippen molar-refractivity contribution in [1.82, 2.24) is 4.72 Å². The van der Waals surface area contributed by atoms with E-state index in [-0.39, 0.29) is 5.75 Å². The third-order valence-electron chi connectivity index (χ3n) is 2.88. The zero-order valence-electron chi connectivity index (χ0n) is 12.4. The molecule has 5 nitrogen and oxygen atoms in total. The molecule has 0 saturated heterocycles. The molecule has 0 aliphatic heterocycles. The first-order chi connectivity index (χ1) is 10.0. The van der Waals surface area contributed by atoms with Gasteiger partial charge in [-0.05, 0) is 31.4 Å². The summed E-state index contributed by atoms with van der Waals surface area (Å²) >= 11 is 1.46. The fourth-order valence-corrected chi connectivity index (χ4v) is 4.16. The Kier molecular flexibility index (Phi) is 8.75. The molecule has 0 atom stereocenters. The van der Waals surface area contributed by atoms with Crippen LogP contribution in [0.25, 0.3) is 0 Å². The topological polar surface area (TPSA) is 81.4 Å². The number of unbranched alkanes of at least 4 members (excludes halogenated alkanes) is 2. The largest absolute Gasteiger partial charge is 0.398 e. The number of sulfonamides is 1. The van der Waals surface area contributed by atoms with Crippen molar-refractivity contribution in [3.63, 3.8) is 0 Å². The quantitative estimate of drug-likeness (QED) is 0.368. The van der Waals surface area contributed by atoms with E-state index in [9.17, 15) is 8.42 Å². The summed E-state index contributed by atoms with van der Waals surface area (Å²) in [5, 5.41) is 0. The van der Waals surface area contributed by atoms with Crippen LogP contribution in [0.2, 0.25) is 0 Å². The second-order valence-corrected chi connectivity index (χ2v) is 7.72. The molecule has 3 N–H and O–H groups in total. The minimum atomic E-state index is -3.20. The second kappa shape index (κ2) is 10.0. The maximum absolute atomic E-state index is 11.8. The van der Waals surface area contributed by atoms with Gasteiger partial charge in [0.25, 0.3) is 0 Å². The monoisotopic (exact) mass is 332 g/mol. The van der Waals surface area contributed by atoms with E-state index in [0.29, 0.717) is 18.0 Å². The van der Waals surface area contributed by atoms with Crippen molar-refractivity contribution in [2.45, 2.75) is 24.2 Å². The van der Waals surface area contributed by atoms with Crippen LogP contribution < -0.4 is 10.5 Å². The number of anilines is 1. The molecule has 7 heteroatoms. The van der Waals surface area contributed by atoms with Crippen LogP contribution in [0.5, 0.6) is 0 Å². The molecular weight excluding hydrogens is 308 g/mol. The number of benzene rings is 1. The van der Waals surface area contributed by atoms with Gasteiger partial charge in [0.2, 0.25) is 10.0 Å². The molecule has 0 radical (unpaired) electrons. The lowest BCUT2D eigenvalue weighted by molar-refractivity contribution is 0.192. The van der Waals surface area contributed by atoms with Gasteiger partial charge < -0.3 is 10.5 Å². The Morgan fingerprint density at radius 2 is 2.00 bits per heavy atom. The van der Waals surface area contributed by atoms with Gasteiger partial charge in [0.05, 0.1) is 5.75 Å². The van der Waals surface area contributed by atoms with E-state index in [4.69, 9.17) is 10.5 Å². The molecule has 0 amide bonds. The van der Waals surface area contributed by atoms with Crippen LogP contribution in [-0.2, 0) is 14.8 Å². The molecule has 120 valence electrons. The van der Waals surface area contributed by atoms with E-state index in [1.165, 1.54) is 11.8 Å². The van der Waals surface area contributed by atoms with Crippen LogP contribution >= 0.6 is 11.8 Å². The summed E-state index contributed by atoms with van der Waals surface area (Å²) in [6, 6.07) is 7.47. The molecule has 0 spiro atoms. The molecule has 21 heavy (non-hydrogen) atoms. The Morgan fingerprint density at radius 3 is 2.71 bits per heavy atom. The number of methoxy groups -OCH3 is 1. The van der Waals surface area contributed by atoms with Gasteiger partial charge in [-0.25, -0.2) is 13.1 Å². The first kappa shape index (κ1) is 18.3. The lowest BCUT2D eigenvalue weighted by Crippen LogP contribution is -2.28. The summed E-state index contributed by atoms with van der Waals surface area (Å²) < 4.78 is 31.2. The van der Waals surface area contributed by atoms with Crippen LogP contribution in [0.15, 0.2) is 29.2 Å². The Labute approximate surface area is 131 Å². The number of ether oxygens (including phenoxy) is 1. The van der Waals surface area contributed by atoms with Gasteiger partial charge in [-0.15, -0.1) is 11.8 Å². The van der Waals surface area contributed by atoms with Gasteiger partial charge in [-0.1, -0.05) is 12.1 Å². The van der Waals surface area contributed by atoms with Crippen LogP contribution in [-0.4, -0.2) is 40.2 Å². The third-order valence-corrected chi connectivity index (χ3v) is 5.61. The van der Waals surface area contributed by atoms with Crippen LogP contribution in [0.1, 0.15) is 19.3 Å². The number of nitrogen functional groups attached to an aromatic ring is 1. The molecule has 1 aromatic carbocycles. The van der Waals surface area contributed by atoms with Gasteiger partial charge in [-0.2, -0.15) is 0 Å². The molecule has 0 saturated carbocycles. The van der Waals surface area contributed by atoms with Crippen LogP contribution in [0, 0.1) is 0 Å². The predicted octanol–water partition coefficient (Wildman–Crippen LogP) is 2.10. The Balaban J connectivity index is 2.19. The molecule has 0 bridgehead atoms. The molecule has 0 heterocycles. The zero-order chi connectivity index (χ0) is 15.6. The summed E-state index contributed by atoms with van der Waals surface area (Å²) in [7, 11) is -1.53. The first-order valence-corrected chi connectivity index (χ1v) is 9.62. The minimum Gasteiger partial charge on any atom is -0.398 e. The molecule has 1 aromatic rings. The van der Waals surface area contributed by atoms with Crippen molar-refractivity contribution in [2.24, 2.45) is 0 Å². The molecule has 0 unspecified atom stereocenters. The fourth-order valence-electron chi connectivity index (χ4n) is 1.72. The number of para-hydroxylation sites is 1. The standard InChI is InChI=1S/C14H24N2O3S2/c1-19-10-6-2-5-9-16-21(17,18)12-11-20-14-8-4-3-7-13(14)15/h3-4,7-8,16H,2,5-6,9-12,15H2,1H3. The zero-order valence-corrected chi connectivity index (χ0v) is 14.0. The summed E-state index contributed by atoms with van der Waals surface area (Å²) in [5.41, 5.74) is 6.50. The van der Waals surface area contributed by atoms with Crippen molar-refractivity contribution in [3.05, 3.63) is 24.3 Å². The maximum atomic E-state index is 11.8. The molecular formula is C14H24N2O3S2. The average Bonchev–Trinajstić information content (AvgIpc) is 2.45. The Bertz CT molecular complexity index is 507. The number of rotatable bonds is 11. The van der Waals surface area contributed by atoms with Crippen LogP contribution in [0.3, 0.4) is 0 Å². The highest BCUT2D eigenvalue weighted by molar-refractivity contribution is 8.00. The van der Waals surface area contributed by atoms with Gasteiger partial charge in [0.15, 0.2) is 0 Å². The van der Waals surface area contributed by atoms with E-state index >= 15 is 0 Å². The van der Waals surface area contributed by atoms with Crippen molar-refractivity contribution in [2.75, 3.05) is 37.5 Å². The van der Waals surface area contributed by atoms with Gasteiger partial charge in [0.1, 0.15) is 0 Å². The average molecular weight is 332 g/mol. The number of nitrogens with one attached hydrogen (secondary N) is 1. The SMILES string of the molecule is COCCCCCNS(=O)(=O)CCSc1ccccc1N. The number of nitrogens with two attached hydrogens (primary N) is 1. The predicted molar refractivity (Wildman–Crippen MR) is 89.1 cm³/mol. The fraction of sp³-hybridized carbons (Fsp3) is 0.571. The van der Waals surface area contributed by atoms with Gasteiger partial charge in [-0.3, -0.25) is 0 Å². The second-order valence-electron chi connectivity index (χ2n) is 4.65. The normalized spacial score (nSPS) is 11.7. The number of hydrogen-bond acceptors (Lipinski definition) is 5. The van der Waals surface area contributed by atoms with Gasteiger partial charge >= 0.3 is 0 Å². The van der Waals surface area contributed by atoms with E-state index < -0.39 is 10.0 Å². The Hall–Kier alpha value is -0.760. The minimum absolute atomic E-state index is 0.101. The van der Waals surface area contributed by atoms with Gasteiger partial charge in [0, 0.05) is 36.6 Å². The van der Waals surface area contributed by atoms with E-state index in [1.807, 2.05) is 24.3 Å². The highest BCUT2D eigenvalue weighted by atomic mass is 32.2. The summed E-state index contributed by atoms with van der Waals surface area (Å²) in [6.45, 7) is 1.21.